The molecule has 0 aliphatic heterocycles. The molecule has 0 radical (unpaired) electrons. The zero-order valence-electron chi connectivity index (χ0n) is 19.3. The van der Waals surface area contributed by atoms with E-state index >= 15 is 0 Å². The Balaban J connectivity index is 0.000000205. The van der Waals surface area contributed by atoms with Crippen LogP contribution in [0, 0.1) is 19.7 Å². The average Bonchev–Trinajstić information content (AvgIpc) is 3.06. The minimum atomic E-state index is -4.49. The Hall–Kier alpha value is -4.36. The molecule has 3 aromatic carbocycles. The number of aryl methyl sites for hydroxylation is 1. The molecule has 188 valence electrons. The molecule has 36 heavy (non-hydrogen) atoms. The smallest absolute Gasteiger partial charge is 0.295 e. The molecule has 0 unspecified atom stereocenters. The number of rotatable bonds is 5. The number of phenols is 2. The number of nitrogens with two attached hydrogens (primary N) is 1. The Morgan fingerprint density at radius 3 is 2.28 bits per heavy atom. The van der Waals surface area contributed by atoms with Gasteiger partial charge < -0.3 is 14.8 Å². The van der Waals surface area contributed by atoms with Crippen LogP contribution < -0.4 is 10.5 Å². The lowest BCUT2D eigenvalue weighted by atomic mass is 10.2. The molecular formula is C23H23FN6O5S. The van der Waals surface area contributed by atoms with Crippen LogP contribution >= 0.6 is 0 Å². The maximum atomic E-state index is 13.4. The number of aromatic nitrogens is 3. The van der Waals surface area contributed by atoms with Crippen LogP contribution in [0.4, 0.5) is 15.8 Å². The molecule has 0 atom stereocenters. The first-order valence-corrected chi connectivity index (χ1v) is 11.8. The van der Waals surface area contributed by atoms with E-state index in [0.29, 0.717) is 23.6 Å². The first-order chi connectivity index (χ1) is 17.0. The maximum absolute atomic E-state index is 13.4. The number of aromatic hydroxyl groups is 2. The van der Waals surface area contributed by atoms with Crippen molar-refractivity contribution in [3.8, 4) is 11.5 Å². The zero-order valence-corrected chi connectivity index (χ0v) is 20.1. The van der Waals surface area contributed by atoms with Crippen LogP contribution in [0.15, 0.2) is 81.9 Å². The third-order valence-electron chi connectivity index (χ3n) is 4.97. The standard InChI is InChI=1S/C12H10N2O5S.C11H14FN4/c15-9-3-6-11(12(16)7-9)14-13-8-1-4-10(5-2-8)20(17,18)19;1-8-14-15(9(2)16(8)13)7-10-5-3-4-6-11(10)12/h1-7,15-16H,(H,17,18,19);3-6H,7,13H2,1-2H3/q;+1/p-1. The summed E-state index contributed by atoms with van der Waals surface area (Å²) in [6.45, 7) is 4.05. The molecule has 0 amide bonds. The van der Waals surface area contributed by atoms with Gasteiger partial charge in [0.05, 0.1) is 10.6 Å². The average molecular weight is 515 g/mol. The lowest BCUT2D eigenvalue weighted by Gasteiger charge is -2.05. The number of benzene rings is 3. The van der Waals surface area contributed by atoms with Crippen molar-refractivity contribution in [1.29, 1.82) is 0 Å². The summed E-state index contributed by atoms with van der Waals surface area (Å²) in [5.41, 5.74) is 1.06. The number of nitrogen functional groups attached to an aromatic ring is 1. The summed E-state index contributed by atoms with van der Waals surface area (Å²) in [5, 5.41) is 30.4. The summed E-state index contributed by atoms with van der Waals surface area (Å²) in [7, 11) is -4.49. The number of hydrogen-bond donors (Lipinski definition) is 3. The van der Waals surface area contributed by atoms with Crippen molar-refractivity contribution in [2.45, 2.75) is 25.3 Å². The van der Waals surface area contributed by atoms with E-state index in [0.717, 1.165) is 24.0 Å². The molecule has 4 N–H and O–H groups in total. The van der Waals surface area contributed by atoms with Crippen molar-refractivity contribution in [3.63, 3.8) is 0 Å². The molecule has 0 aliphatic rings. The van der Waals surface area contributed by atoms with Gasteiger partial charge in [-0.2, -0.15) is 5.11 Å². The molecule has 0 saturated heterocycles. The van der Waals surface area contributed by atoms with Crippen molar-refractivity contribution >= 4 is 21.5 Å². The Labute approximate surface area is 206 Å². The summed E-state index contributed by atoms with van der Waals surface area (Å²) in [5.74, 6) is 6.66. The fourth-order valence-electron chi connectivity index (χ4n) is 2.98. The van der Waals surface area contributed by atoms with Crippen LogP contribution in [-0.2, 0) is 16.7 Å². The molecule has 1 aromatic heterocycles. The van der Waals surface area contributed by atoms with Gasteiger partial charge in [-0.15, -0.1) is 14.5 Å². The molecule has 0 saturated carbocycles. The fraction of sp³-hybridized carbons (Fsp3) is 0.130. The van der Waals surface area contributed by atoms with Crippen LogP contribution in [0.5, 0.6) is 11.5 Å². The number of halogens is 1. The summed E-state index contributed by atoms with van der Waals surface area (Å²) in [4.78, 5) is -0.357. The highest BCUT2D eigenvalue weighted by atomic mass is 32.2. The van der Waals surface area contributed by atoms with Crippen LogP contribution in [-0.4, -0.2) is 33.0 Å². The van der Waals surface area contributed by atoms with Gasteiger partial charge in [0.2, 0.25) is 0 Å². The molecule has 11 nitrogen and oxygen atoms in total. The second-order valence-electron chi connectivity index (χ2n) is 7.53. The van der Waals surface area contributed by atoms with Crippen molar-refractivity contribution in [1.82, 2.24) is 9.78 Å². The largest absolute Gasteiger partial charge is 0.744 e. The third kappa shape index (κ3) is 6.61. The summed E-state index contributed by atoms with van der Waals surface area (Å²) >= 11 is 0. The van der Waals surface area contributed by atoms with Crippen molar-refractivity contribution in [2.75, 3.05) is 5.84 Å². The van der Waals surface area contributed by atoms with Gasteiger partial charge in [-0.05, 0) is 42.5 Å². The topological polar surface area (TPSA) is 170 Å². The van der Waals surface area contributed by atoms with Gasteiger partial charge >= 0.3 is 0 Å². The SMILES string of the molecule is Cc1nn(Cc2ccccc2F)c(C)[n+]1N.O=S(=O)([O-])c1ccc(N=Nc2ccc(O)cc2O)cc1. The third-order valence-corrected chi connectivity index (χ3v) is 5.82. The van der Waals surface area contributed by atoms with Crippen LogP contribution in [0.3, 0.4) is 0 Å². The Kier molecular flexibility index (Phi) is 7.96. The first kappa shape index (κ1) is 26.2. The van der Waals surface area contributed by atoms with Gasteiger partial charge in [-0.3, -0.25) is 5.84 Å². The summed E-state index contributed by atoms with van der Waals surface area (Å²) in [6, 6.07) is 15.3. The van der Waals surface area contributed by atoms with Crippen molar-refractivity contribution < 1.29 is 32.3 Å². The van der Waals surface area contributed by atoms with Gasteiger partial charge in [0.15, 0.2) is 0 Å². The molecular weight excluding hydrogens is 491 g/mol. The molecule has 4 aromatic rings. The quantitative estimate of drug-likeness (QED) is 0.159. The Morgan fingerprint density at radius 2 is 1.72 bits per heavy atom. The number of nitrogens with zero attached hydrogens (tertiary/aromatic N) is 5. The molecule has 0 fully saturated rings. The van der Waals surface area contributed by atoms with Crippen LogP contribution in [0.25, 0.3) is 0 Å². The number of azo groups is 1. The molecule has 1 heterocycles. The van der Waals surface area contributed by atoms with E-state index in [4.69, 9.17) is 10.9 Å². The lowest BCUT2D eigenvalue weighted by Crippen LogP contribution is -2.48. The molecule has 0 spiro atoms. The van der Waals surface area contributed by atoms with Crippen LogP contribution in [0.2, 0.25) is 0 Å². The van der Waals surface area contributed by atoms with Crippen LogP contribution in [0.1, 0.15) is 17.2 Å². The predicted octanol–water partition coefficient (Wildman–Crippen LogP) is 3.11. The normalized spacial score (nSPS) is 11.3. The Bertz CT molecular complexity index is 1500. The van der Waals surface area contributed by atoms with Gasteiger partial charge in [0.1, 0.15) is 39.7 Å². The molecule has 0 aliphatic carbocycles. The van der Waals surface area contributed by atoms with E-state index in [9.17, 15) is 22.5 Å². The highest BCUT2D eigenvalue weighted by molar-refractivity contribution is 7.85. The number of phenolic OH excluding ortho intramolecular Hbond substituents is 2. The van der Waals surface area contributed by atoms with E-state index in [1.165, 1.54) is 35.0 Å². The highest BCUT2D eigenvalue weighted by Crippen LogP contribution is 2.31. The van der Waals surface area contributed by atoms with Gasteiger partial charge in [-0.25, -0.2) is 12.8 Å². The fourth-order valence-corrected chi connectivity index (χ4v) is 3.45. The molecule has 0 bridgehead atoms. The highest BCUT2D eigenvalue weighted by Gasteiger charge is 2.18. The second kappa shape index (κ2) is 10.9. The van der Waals surface area contributed by atoms with E-state index in [2.05, 4.69) is 15.3 Å². The Morgan fingerprint density at radius 1 is 1.06 bits per heavy atom. The maximum Gasteiger partial charge on any atom is 0.295 e. The number of hydrogen-bond acceptors (Lipinski definition) is 9. The minimum Gasteiger partial charge on any atom is -0.744 e. The van der Waals surface area contributed by atoms with E-state index < -0.39 is 10.1 Å². The monoisotopic (exact) mass is 514 g/mol. The lowest BCUT2D eigenvalue weighted by molar-refractivity contribution is -0.652. The zero-order chi connectivity index (χ0) is 26.5. The summed E-state index contributed by atoms with van der Waals surface area (Å²) in [6.07, 6.45) is 0. The van der Waals surface area contributed by atoms with Gasteiger partial charge in [-0.1, -0.05) is 18.2 Å². The van der Waals surface area contributed by atoms with Crippen molar-refractivity contribution in [3.05, 3.63) is 89.8 Å². The minimum absolute atomic E-state index is 0.105. The van der Waals surface area contributed by atoms with Crippen molar-refractivity contribution in [2.24, 2.45) is 10.2 Å². The molecule has 13 heteroatoms. The second-order valence-corrected chi connectivity index (χ2v) is 8.91. The summed E-state index contributed by atoms with van der Waals surface area (Å²) < 4.78 is 48.8. The first-order valence-electron chi connectivity index (χ1n) is 10.4. The van der Waals surface area contributed by atoms with Gasteiger partial charge in [0, 0.05) is 30.6 Å². The van der Waals surface area contributed by atoms with Gasteiger partial charge in [0.25, 0.3) is 11.6 Å². The van der Waals surface area contributed by atoms with E-state index in [1.807, 2.05) is 13.8 Å². The van der Waals surface area contributed by atoms with E-state index in [-0.39, 0.29) is 27.9 Å². The molecule has 4 rings (SSSR count). The predicted molar refractivity (Wildman–Crippen MR) is 126 cm³/mol. The van der Waals surface area contributed by atoms with E-state index in [1.54, 1.807) is 22.9 Å².